The number of β-lactam (4-membered cyclic amide) rings is 1. The lowest BCUT2D eigenvalue weighted by atomic mass is 9.76. The smallest absolute Gasteiger partial charge is 0.355 e. The van der Waals surface area contributed by atoms with E-state index in [0.29, 0.717) is 16.7 Å². The first-order valence-corrected chi connectivity index (χ1v) is 13.8. The maximum absolute atomic E-state index is 13.6. The summed E-state index contributed by atoms with van der Waals surface area (Å²) in [6.45, 7) is 6.26. The third-order valence-corrected chi connectivity index (χ3v) is 8.04. The Morgan fingerprint density at radius 3 is 2.00 bits per heavy atom. The van der Waals surface area contributed by atoms with Crippen LogP contribution in [-0.4, -0.2) is 45.6 Å². The molecule has 10 heteroatoms. The number of esters is 2. The first kappa shape index (κ1) is 29.4. The molecule has 43 heavy (non-hydrogen) atoms. The number of fused-ring (bicyclic) bond motifs is 1. The van der Waals surface area contributed by atoms with E-state index in [2.05, 4.69) is 0 Å². The summed E-state index contributed by atoms with van der Waals surface area (Å²) in [5.41, 5.74) is 4.44. The number of carbonyl (C=O) groups excluding carboxylic acids is 4. The van der Waals surface area contributed by atoms with E-state index in [-0.39, 0.29) is 35.6 Å². The fraction of sp³-hybridized carbons (Fsp3) is 0.273. The van der Waals surface area contributed by atoms with E-state index in [1.807, 2.05) is 43.3 Å². The standard InChI is InChI=1S/C33H30N2O8/c1-18-28(26-13-11-25(12-14-26)24-9-7-23(8-10-24)19(2)36)31(34-30(18)29(32(34)38)20(3)43-21(4)37)33(39)42-17-22-5-15-27(16-6-22)35(40)41/h5-16,18,20,29-30H,17H2,1-4H3/t18-,20?,29+,30+/m0/s1. The Labute approximate surface area is 248 Å². The van der Waals surface area contributed by atoms with Crippen molar-refractivity contribution in [2.45, 2.75) is 46.4 Å². The zero-order valence-corrected chi connectivity index (χ0v) is 24.1. The van der Waals surface area contributed by atoms with Gasteiger partial charge in [-0.05, 0) is 53.8 Å². The largest absolute Gasteiger partial charge is 0.462 e. The molecular weight excluding hydrogens is 552 g/mol. The van der Waals surface area contributed by atoms with E-state index >= 15 is 0 Å². The summed E-state index contributed by atoms with van der Waals surface area (Å²) in [6.07, 6.45) is -0.675. The highest BCUT2D eigenvalue weighted by Crippen LogP contribution is 2.51. The lowest BCUT2D eigenvalue weighted by Crippen LogP contribution is -2.64. The highest BCUT2D eigenvalue weighted by Gasteiger charge is 2.61. The molecule has 10 nitrogen and oxygen atoms in total. The fourth-order valence-electron chi connectivity index (χ4n) is 5.93. The number of nitrogens with zero attached hydrogens (tertiary/aromatic N) is 2. The Morgan fingerprint density at radius 1 is 0.907 bits per heavy atom. The topological polar surface area (TPSA) is 133 Å². The molecule has 2 heterocycles. The number of non-ortho nitro benzene ring substituents is 1. The monoisotopic (exact) mass is 582 g/mol. The zero-order chi connectivity index (χ0) is 31.0. The van der Waals surface area contributed by atoms with Crippen molar-refractivity contribution in [3.63, 3.8) is 0 Å². The Morgan fingerprint density at radius 2 is 1.47 bits per heavy atom. The van der Waals surface area contributed by atoms with Crippen LogP contribution in [0.2, 0.25) is 0 Å². The molecule has 3 aromatic rings. The lowest BCUT2D eigenvalue weighted by Gasteiger charge is -2.47. The van der Waals surface area contributed by atoms with Gasteiger partial charge >= 0.3 is 11.9 Å². The molecule has 1 amide bonds. The van der Waals surface area contributed by atoms with Gasteiger partial charge in [0.15, 0.2) is 5.78 Å². The van der Waals surface area contributed by atoms with Crippen LogP contribution in [0.15, 0.2) is 78.5 Å². The molecule has 0 bridgehead atoms. The number of hydrogen-bond acceptors (Lipinski definition) is 8. The molecule has 2 aliphatic rings. The number of nitro benzene ring substituents is 1. The summed E-state index contributed by atoms with van der Waals surface area (Å²) in [7, 11) is 0. The van der Waals surface area contributed by atoms with E-state index in [1.54, 1.807) is 19.1 Å². The molecule has 1 unspecified atom stereocenters. The number of carbonyl (C=O) groups is 4. The van der Waals surface area contributed by atoms with Crippen molar-refractivity contribution in [2.24, 2.45) is 11.8 Å². The predicted molar refractivity (Wildman–Crippen MR) is 156 cm³/mol. The van der Waals surface area contributed by atoms with Gasteiger partial charge in [0.25, 0.3) is 5.69 Å². The average Bonchev–Trinajstić information content (AvgIpc) is 3.24. The first-order chi connectivity index (χ1) is 20.5. The molecule has 0 radical (unpaired) electrons. The Balaban J connectivity index is 1.46. The van der Waals surface area contributed by atoms with Crippen LogP contribution in [0.25, 0.3) is 16.7 Å². The fourth-order valence-corrected chi connectivity index (χ4v) is 5.93. The molecule has 0 N–H and O–H groups in total. The van der Waals surface area contributed by atoms with E-state index in [1.165, 1.54) is 43.0 Å². The van der Waals surface area contributed by atoms with Gasteiger partial charge in [0.2, 0.25) is 5.91 Å². The van der Waals surface area contributed by atoms with Crippen LogP contribution in [0.5, 0.6) is 0 Å². The van der Waals surface area contributed by atoms with E-state index in [9.17, 15) is 29.3 Å². The summed E-state index contributed by atoms with van der Waals surface area (Å²) in [5, 5.41) is 11.0. The van der Waals surface area contributed by atoms with Crippen LogP contribution >= 0.6 is 0 Å². The van der Waals surface area contributed by atoms with Crippen molar-refractivity contribution in [3.8, 4) is 11.1 Å². The first-order valence-electron chi connectivity index (χ1n) is 13.8. The van der Waals surface area contributed by atoms with Crippen molar-refractivity contribution in [1.29, 1.82) is 0 Å². The molecule has 0 aliphatic carbocycles. The summed E-state index contributed by atoms with van der Waals surface area (Å²) in [4.78, 5) is 62.2. The quantitative estimate of drug-likeness (QED) is 0.108. The summed E-state index contributed by atoms with van der Waals surface area (Å²) in [5.74, 6) is -2.43. The third-order valence-electron chi connectivity index (χ3n) is 8.04. The van der Waals surface area contributed by atoms with Gasteiger partial charge in [-0.15, -0.1) is 0 Å². The zero-order valence-electron chi connectivity index (χ0n) is 24.1. The Kier molecular flexibility index (Phi) is 7.95. The van der Waals surface area contributed by atoms with Gasteiger partial charge in [-0.1, -0.05) is 55.5 Å². The van der Waals surface area contributed by atoms with Gasteiger partial charge in [-0.2, -0.15) is 0 Å². The summed E-state index contributed by atoms with van der Waals surface area (Å²) >= 11 is 0. The molecule has 4 atom stereocenters. The molecular formula is C33H30N2O8. The molecule has 0 aromatic heterocycles. The third kappa shape index (κ3) is 5.55. The molecule has 220 valence electrons. The SMILES string of the molecule is CC(=O)OC(C)[C@H]1C(=O)N2C(C(=O)OCc3ccc([N+](=O)[O-])cc3)=C(c3ccc(-c4ccc(C(C)=O)cc4)cc3)[C@H](C)[C@H]12. The minimum Gasteiger partial charge on any atom is -0.462 e. The van der Waals surface area contributed by atoms with Crippen molar-refractivity contribution in [3.05, 3.63) is 105 Å². The van der Waals surface area contributed by atoms with Crippen molar-refractivity contribution < 1.29 is 33.6 Å². The summed E-state index contributed by atoms with van der Waals surface area (Å²) in [6, 6.07) is 20.1. The molecule has 5 rings (SSSR count). The molecule has 3 aromatic carbocycles. The molecule has 0 saturated carbocycles. The van der Waals surface area contributed by atoms with Crippen LogP contribution in [0.1, 0.15) is 49.2 Å². The number of amides is 1. The van der Waals surface area contributed by atoms with Crippen LogP contribution in [0.4, 0.5) is 5.69 Å². The van der Waals surface area contributed by atoms with Gasteiger partial charge in [0.05, 0.1) is 16.9 Å². The van der Waals surface area contributed by atoms with Gasteiger partial charge in [0.1, 0.15) is 18.4 Å². The Bertz CT molecular complexity index is 1640. The van der Waals surface area contributed by atoms with Crippen LogP contribution in [0, 0.1) is 22.0 Å². The second-order valence-corrected chi connectivity index (χ2v) is 10.8. The summed E-state index contributed by atoms with van der Waals surface area (Å²) < 4.78 is 11.0. The van der Waals surface area contributed by atoms with Crippen molar-refractivity contribution >= 4 is 34.9 Å². The van der Waals surface area contributed by atoms with E-state index in [4.69, 9.17) is 9.47 Å². The number of benzene rings is 3. The van der Waals surface area contributed by atoms with Gasteiger partial charge in [-0.25, -0.2) is 4.79 Å². The van der Waals surface area contributed by atoms with Crippen LogP contribution in [0.3, 0.4) is 0 Å². The average molecular weight is 583 g/mol. The predicted octanol–water partition coefficient (Wildman–Crippen LogP) is 5.35. The highest BCUT2D eigenvalue weighted by atomic mass is 16.6. The second kappa shape index (κ2) is 11.6. The second-order valence-electron chi connectivity index (χ2n) is 10.8. The maximum atomic E-state index is 13.6. The molecule has 1 fully saturated rings. The number of ether oxygens (including phenoxy) is 2. The van der Waals surface area contributed by atoms with E-state index in [0.717, 1.165) is 16.7 Å². The van der Waals surface area contributed by atoms with Gasteiger partial charge in [0, 0.05) is 30.5 Å². The number of rotatable bonds is 9. The number of nitro groups is 1. The van der Waals surface area contributed by atoms with Crippen molar-refractivity contribution in [2.75, 3.05) is 0 Å². The van der Waals surface area contributed by atoms with Crippen molar-refractivity contribution in [1.82, 2.24) is 4.90 Å². The minimum atomic E-state index is -0.696. The lowest BCUT2D eigenvalue weighted by molar-refractivity contribution is -0.384. The number of hydrogen-bond donors (Lipinski definition) is 0. The maximum Gasteiger partial charge on any atom is 0.355 e. The van der Waals surface area contributed by atoms with Crippen LogP contribution < -0.4 is 0 Å². The van der Waals surface area contributed by atoms with Gasteiger partial charge < -0.3 is 14.4 Å². The number of ketones is 1. The highest BCUT2D eigenvalue weighted by molar-refractivity contribution is 6.07. The molecule has 2 aliphatic heterocycles. The normalized spacial score (nSPS) is 19.8. The van der Waals surface area contributed by atoms with E-state index < -0.39 is 34.9 Å². The Hall–Kier alpha value is -5.12. The molecule has 1 saturated heterocycles. The number of Topliss-reactive ketones (excluding diaryl/α,β-unsaturated/α-hetero) is 1. The molecule has 0 spiro atoms. The minimum absolute atomic E-state index is 0.0162. The van der Waals surface area contributed by atoms with Gasteiger partial charge in [-0.3, -0.25) is 24.5 Å². The van der Waals surface area contributed by atoms with Crippen LogP contribution in [-0.2, 0) is 30.5 Å².